The van der Waals surface area contributed by atoms with E-state index in [0.717, 1.165) is 5.56 Å². The highest BCUT2D eigenvalue weighted by Gasteiger charge is 2.29. The van der Waals surface area contributed by atoms with Gasteiger partial charge >= 0.3 is 0 Å². The van der Waals surface area contributed by atoms with Gasteiger partial charge in [0.05, 0.1) is 28.8 Å². The molecule has 1 fully saturated rings. The minimum absolute atomic E-state index is 0.145. The molecule has 2 N–H and O–H groups in total. The summed E-state index contributed by atoms with van der Waals surface area (Å²) >= 11 is 12.1. The number of hydrogen-bond acceptors (Lipinski definition) is 4. The van der Waals surface area contributed by atoms with Crippen LogP contribution in [0, 0.1) is 0 Å². The Morgan fingerprint density at radius 3 is 2.69 bits per heavy atom. The van der Waals surface area contributed by atoms with E-state index in [1.54, 1.807) is 43.4 Å². The normalized spacial score (nSPS) is 18.1. The maximum absolute atomic E-state index is 12.8. The van der Waals surface area contributed by atoms with Gasteiger partial charge in [-0.1, -0.05) is 35.3 Å². The summed E-state index contributed by atoms with van der Waals surface area (Å²) in [6, 6.07) is 11.9. The van der Waals surface area contributed by atoms with Gasteiger partial charge in [0.1, 0.15) is 0 Å². The number of amides is 2. The molecule has 0 aliphatic carbocycles. The summed E-state index contributed by atoms with van der Waals surface area (Å²) < 4.78 is 5.87. The van der Waals surface area contributed by atoms with E-state index in [2.05, 4.69) is 15.5 Å². The minimum Gasteiger partial charge on any atom is -0.371 e. The Hall–Kier alpha value is -2.12. The van der Waals surface area contributed by atoms with Crippen molar-refractivity contribution >= 4 is 40.7 Å². The molecule has 29 heavy (non-hydrogen) atoms. The zero-order chi connectivity index (χ0) is 21.0. The molecule has 8 heteroatoms. The molecule has 2 unspecified atom stereocenters. The summed E-state index contributed by atoms with van der Waals surface area (Å²) in [5.41, 5.74) is 2.00. The van der Waals surface area contributed by atoms with Gasteiger partial charge in [0.2, 0.25) is 5.91 Å². The second-order valence-electron chi connectivity index (χ2n) is 6.85. The molecule has 0 radical (unpaired) electrons. The Labute approximate surface area is 180 Å². The van der Waals surface area contributed by atoms with Gasteiger partial charge in [0, 0.05) is 31.4 Å². The first-order valence-corrected chi connectivity index (χ1v) is 10.1. The molecular formula is C21H23Cl2N3O3. The number of hydrogen-bond donors (Lipinski definition) is 2. The standard InChI is InChI=1S/C21H23Cl2N3O3/c1-13(20(27)25-16-5-3-4-15(10-16)21(28)24-2)26-8-9-29-19(12-26)14-6-7-17(22)18(23)11-14/h3-7,10-11,13,19H,8-9,12H2,1-2H3,(H,24,28)(H,25,27). The molecule has 0 saturated carbocycles. The fourth-order valence-electron chi connectivity index (χ4n) is 3.23. The first kappa shape index (κ1) is 21.6. The van der Waals surface area contributed by atoms with Crippen LogP contribution in [0.15, 0.2) is 42.5 Å². The van der Waals surface area contributed by atoms with E-state index in [1.165, 1.54) is 0 Å². The molecular weight excluding hydrogens is 413 g/mol. The number of morpholine rings is 1. The molecule has 1 aliphatic heterocycles. The summed E-state index contributed by atoms with van der Waals surface area (Å²) in [5.74, 6) is -0.347. The van der Waals surface area contributed by atoms with E-state index in [0.29, 0.717) is 41.0 Å². The van der Waals surface area contributed by atoms with Crippen LogP contribution in [0.5, 0.6) is 0 Å². The van der Waals surface area contributed by atoms with Crippen LogP contribution < -0.4 is 10.6 Å². The third-order valence-corrected chi connectivity index (χ3v) is 5.70. The van der Waals surface area contributed by atoms with E-state index in [-0.39, 0.29) is 24.0 Å². The Kier molecular flexibility index (Phi) is 7.14. The third-order valence-electron chi connectivity index (χ3n) is 4.96. The van der Waals surface area contributed by atoms with Gasteiger partial charge in [-0.05, 0) is 42.8 Å². The van der Waals surface area contributed by atoms with Gasteiger partial charge in [0.15, 0.2) is 0 Å². The molecule has 0 aromatic heterocycles. The van der Waals surface area contributed by atoms with Gasteiger partial charge in [-0.15, -0.1) is 0 Å². The topological polar surface area (TPSA) is 70.7 Å². The average Bonchev–Trinajstić information content (AvgIpc) is 2.74. The van der Waals surface area contributed by atoms with Crippen molar-refractivity contribution in [3.05, 3.63) is 63.6 Å². The molecule has 2 aromatic rings. The first-order valence-electron chi connectivity index (χ1n) is 9.32. The van der Waals surface area contributed by atoms with Crippen molar-refractivity contribution in [3.8, 4) is 0 Å². The average molecular weight is 436 g/mol. The van der Waals surface area contributed by atoms with E-state index in [4.69, 9.17) is 27.9 Å². The SMILES string of the molecule is CNC(=O)c1cccc(NC(=O)C(C)N2CCOC(c3ccc(Cl)c(Cl)c3)C2)c1. The Balaban J connectivity index is 1.66. The number of nitrogens with zero attached hydrogens (tertiary/aromatic N) is 1. The van der Waals surface area contributed by atoms with Gasteiger partial charge in [-0.25, -0.2) is 0 Å². The smallest absolute Gasteiger partial charge is 0.251 e. The summed E-state index contributed by atoms with van der Waals surface area (Å²) in [6.07, 6.45) is -0.189. The molecule has 0 bridgehead atoms. The lowest BCUT2D eigenvalue weighted by molar-refractivity contribution is -0.124. The van der Waals surface area contributed by atoms with Crippen molar-refractivity contribution in [1.82, 2.24) is 10.2 Å². The molecule has 3 rings (SSSR count). The highest BCUT2D eigenvalue weighted by Crippen LogP contribution is 2.29. The Morgan fingerprint density at radius 2 is 1.97 bits per heavy atom. The van der Waals surface area contributed by atoms with Crippen molar-refractivity contribution in [2.24, 2.45) is 0 Å². The maximum Gasteiger partial charge on any atom is 0.251 e. The summed E-state index contributed by atoms with van der Waals surface area (Å²) in [4.78, 5) is 26.6. The molecule has 154 valence electrons. The van der Waals surface area contributed by atoms with Crippen LogP contribution in [0.3, 0.4) is 0 Å². The van der Waals surface area contributed by atoms with E-state index in [1.807, 2.05) is 13.0 Å². The number of carbonyl (C=O) groups is 2. The first-order chi connectivity index (χ1) is 13.9. The number of nitrogens with one attached hydrogen (secondary N) is 2. The van der Waals surface area contributed by atoms with Gasteiger partial charge in [-0.3, -0.25) is 14.5 Å². The van der Waals surface area contributed by atoms with Crippen LogP contribution in [-0.2, 0) is 9.53 Å². The van der Waals surface area contributed by atoms with Crippen LogP contribution in [-0.4, -0.2) is 49.5 Å². The number of carbonyl (C=O) groups excluding carboxylic acids is 2. The molecule has 2 amide bonds. The Morgan fingerprint density at radius 1 is 1.17 bits per heavy atom. The quantitative estimate of drug-likeness (QED) is 0.749. The van der Waals surface area contributed by atoms with Crippen molar-refractivity contribution < 1.29 is 14.3 Å². The summed E-state index contributed by atoms with van der Waals surface area (Å²) in [6.45, 7) is 3.57. The number of ether oxygens (including phenoxy) is 1. The zero-order valence-corrected chi connectivity index (χ0v) is 17.8. The van der Waals surface area contributed by atoms with Crippen molar-refractivity contribution in [3.63, 3.8) is 0 Å². The van der Waals surface area contributed by atoms with Gasteiger partial charge in [-0.2, -0.15) is 0 Å². The lowest BCUT2D eigenvalue weighted by Crippen LogP contribution is -2.48. The van der Waals surface area contributed by atoms with Crippen molar-refractivity contribution in [1.29, 1.82) is 0 Å². The van der Waals surface area contributed by atoms with Crippen LogP contribution in [0.25, 0.3) is 0 Å². The van der Waals surface area contributed by atoms with Crippen LogP contribution in [0.4, 0.5) is 5.69 Å². The number of benzene rings is 2. The van der Waals surface area contributed by atoms with E-state index in [9.17, 15) is 9.59 Å². The monoisotopic (exact) mass is 435 g/mol. The van der Waals surface area contributed by atoms with Crippen LogP contribution >= 0.6 is 23.2 Å². The second kappa shape index (κ2) is 9.59. The second-order valence-corrected chi connectivity index (χ2v) is 7.67. The lowest BCUT2D eigenvalue weighted by atomic mass is 10.1. The molecule has 1 heterocycles. The van der Waals surface area contributed by atoms with Gasteiger partial charge < -0.3 is 15.4 Å². The number of anilines is 1. The van der Waals surface area contributed by atoms with Crippen LogP contribution in [0.1, 0.15) is 28.9 Å². The third kappa shape index (κ3) is 5.28. The molecule has 1 aliphatic rings. The molecule has 0 spiro atoms. The number of halogens is 2. The number of rotatable bonds is 5. The fourth-order valence-corrected chi connectivity index (χ4v) is 3.54. The zero-order valence-electron chi connectivity index (χ0n) is 16.2. The molecule has 2 aromatic carbocycles. The van der Waals surface area contributed by atoms with Crippen molar-refractivity contribution in [2.75, 3.05) is 32.1 Å². The molecule has 1 saturated heterocycles. The summed E-state index contributed by atoms with van der Waals surface area (Å²) in [7, 11) is 1.57. The largest absolute Gasteiger partial charge is 0.371 e. The molecule has 2 atom stereocenters. The summed E-state index contributed by atoms with van der Waals surface area (Å²) in [5, 5.41) is 6.44. The van der Waals surface area contributed by atoms with Crippen LogP contribution in [0.2, 0.25) is 10.0 Å². The van der Waals surface area contributed by atoms with Gasteiger partial charge in [0.25, 0.3) is 5.91 Å². The van der Waals surface area contributed by atoms with E-state index < -0.39 is 0 Å². The Bertz CT molecular complexity index is 906. The predicted octanol–water partition coefficient (Wildman–Crippen LogP) is 3.75. The highest BCUT2D eigenvalue weighted by molar-refractivity contribution is 6.42. The fraction of sp³-hybridized carbons (Fsp3) is 0.333. The predicted molar refractivity (Wildman–Crippen MR) is 115 cm³/mol. The molecule has 6 nitrogen and oxygen atoms in total. The lowest BCUT2D eigenvalue weighted by Gasteiger charge is -2.36. The van der Waals surface area contributed by atoms with Crippen molar-refractivity contribution in [2.45, 2.75) is 19.1 Å². The van der Waals surface area contributed by atoms with E-state index >= 15 is 0 Å². The highest BCUT2D eigenvalue weighted by atomic mass is 35.5. The maximum atomic E-state index is 12.8. The minimum atomic E-state index is -0.368.